The molecular formula is C10H11BrFNO2. The van der Waals surface area contributed by atoms with Crippen LogP contribution in [0.2, 0.25) is 0 Å². The molecule has 15 heavy (non-hydrogen) atoms. The fourth-order valence-electron chi connectivity index (χ4n) is 1.11. The molecule has 0 aliphatic carbocycles. The van der Waals surface area contributed by atoms with Gasteiger partial charge in [-0.15, -0.1) is 0 Å². The van der Waals surface area contributed by atoms with Gasteiger partial charge in [-0.3, -0.25) is 0 Å². The van der Waals surface area contributed by atoms with Gasteiger partial charge in [0.1, 0.15) is 5.82 Å². The van der Waals surface area contributed by atoms with Crippen molar-refractivity contribution in [3.8, 4) is 11.5 Å². The molecule has 0 radical (unpaired) electrons. The largest absolute Gasteiger partial charge is 0.504 e. The van der Waals surface area contributed by atoms with Gasteiger partial charge in [0.2, 0.25) is 0 Å². The molecule has 0 amide bonds. The molecule has 0 bridgehead atoms. The summed E-state index contributed by atoms with van der Waals surface area (Å²) >= 11 is 3.03. The molecule has 0 saturated carbocycles. The highest BCUT2D eigenvalue weighted by Gasteiger charge is 2.14. The Bertz CT molecular complexity index is 393. The molecule has 0 unspecified atom stereocenters. The minimum atomic E-state index is -0.544. The predicted molar refractivity (Wildman–Crippen MR) is 60.4 cm³/mol. The van der Waals surface area contributed by atoms with E-state index in [-0.39, 0.29) is 28.1 Å². The Hall–Kier alpha value is -1.07. The number of halogens is 2. The van der Waals surface area contributed by atoms with E-state index in [1.165, 1.54) is 19.3 Å². The third-order valence-corrected chi connectivity index (χ3v) is 2.41. The predicted octanol–water partition coefficient (Wildman–Crippen LogP) is 2.27. The van der Waals surface area contributed by atoms with Crippen molar-refractivity contribution in [2.75, 3.05) is 13.7 Å². The van der Waals surface area contributed by atoms with Crippen LogP contribution in [0.4, 0.5) is 4.39 Å². The Kier molecular flexibility index (Phi) is 4.11. The van der Waals surface area contributed by atoms with Gasteiger partial charge in [0.15, 0.2) is 11.5 Å². The van der Waals surface area contributed by atoms with Crippen molar-refractivity contribution in [3.63, 3.8) is 0 Å². The minimum Gasteiger partial charge on any atom is -0.504 e. The van der Waals surface area contributed by atoms with Crippen LogP contribution >= 0.6 is 15.9 Å². The fourth-order valence-corrected chi connectivity index (χ4v) is 1.53. The highest BCUT2D eigenvalue weighted by atomic mass is 79.9. The van der Waals surface area contributed by atoms with E-state index in [0.717, 1.165) is 0 Å². The van der Waals surface area contributed by atoms with Crippen LogP contribution in [0.3, 0.4) is 0 Å². The first kappa shape index (κ1) is 12.0. The summed E-state index contributed by atoms with van der Waals surface area (Å²) in [4.78, 5) is 0. The Labute approximate surface area is 95.5 Å². The summed E-state index contributed by atoms with van der Waals surface area (Å²) in [5.41, 5.74) is 5.31. The molecule has 0 aliphatic heterocycles. The van der Waals surface area contributed by atoms with Crippen LogP contribution in [0.5, 0.6) is 11.5 Å². The Morgan fingerprint density at radius 1 is 1.67 bits per heavy atom. The highest BCUT2D eigenvalue weighted by Crippen LogP contribution is 2.37. The zero-order chi connectivity index (χ0) is 11.4. The second-order valence-corrected chi connectivity index (χ2v) is 3.63. The van der Waals surface area contributed by atoms with Crippen LogP contribution in [0.15, 0.2) is 16.6 Å². The van der Waals surface area contributed by atoms with E-state index in [1.54, 1.807) is 6.08 Å². The summed E-state index contributed by atoms with van der Waals surface area (Å²) < 4.78 is 18.7. The summed E-state index contributed by atoms with van der Waals surface area (Å²) in [5, 5.41) is 9.64. The van der Waals surface area contributed by atoms with E-state index < -0.39 is 5.82 Å². The molecule has 3 N–H and O–H groups in total. The molecule has 1 rings (SSSR count). The topological polar surface area (TPSA) is 55.5 Å². The van der Waals surface area contributed by atoms with Gasteiger partial charge < -0.3 is 15.6 Å². The smallest absolute Gasteiger partial charge is 0.168 e. The van der Waals surface area contributed by atoms with Gasteiger partial charge >= 0.3 is 0 Å². The van der Waals surface area contributed by atoms with Crippen molar-refractivity contribution in [2.45, 2.75) is 0 Å². The van der Waals surface area contributed by atoms with Crippen molar-refractivity contribution in [1.29, 1.82) is 0 Å². The number of ether oxygens (including phenoxy) is 1. The van der Waals surface area contributed by atoms with Crippen LogP contribution in [0.1, 0.15) is 5.56 Å². The lowest BCUT2D eigenvalue weighted by molar-refractivity contribution is 0.369. The van der Waals surface area contributed by atoms with Crippen molar-refractivity contribution >= 4 is 22.0 Å². The molecule has 82 valence electrons. The van der Waals surface area contributed by atoms with E-state index in [2.05, 4.69) is 15.9 Å². The number of aromatic hydroxyl groups is 1. The number of hydrogen-bond acceptors (Lipinski definition) is 3. The average Bonchev–Trinajstić information content (AvgIpc) is 2.23. The maximum absolute atomic E-state index is 13.5. The van der Waals surface area contributed by atoms with Gasteiger partial charge in [0.25, 0.3) is 0 Å². The third kappa shape index (κ3) is 2.49. The molecule has 1 aromatic rings. The normalized spacial score (nSPS) is 10.9. The summed E-state index contributed by atoms with van der Waals surface area (Å²) in [6.07, 6.45) is 2.96. The molecule has 5 heteroatoms. The molecule has 0 saturated heterocycles. The van der Waals surface area contributed by atoms with Crippen LogP contribution in [0.25, 0.3) is 6.08 Å². The zero-order valence-corrected chi connectivity index (χ0v) is 9.71. The first-order valence-electron chi connectivity index (χ1n) is 4.23. The molecule has 0 heterocycles. The quantitative estimate of drug-likeness (QED) is 0.890. The lowest BCUT2D eigenvalue weighted by Gasteiger charge is -2.08. The first-order valence-corrected chi connectivity index (χ1v) is 5.02. The Morgan fingerprint density at radius 2 is 2.33 bits per heavy atom. The Balaban J connectivity index is 3.33. The molecule has 0 aliphatic rings. The third-order valence-electron chi connectivity index (χ3n) is 1.83. The van der Waals surface area contributed by atoms with E-state index in [4.69, 9.17) is 10.5 Å². The van der Waals surface area contributed by atoms with Crippen LogP contribution in [0, 0.1) is 5.82 Å². The number of methoxy groups -OCH3 is 1. The van der Waals surface area contributed by atoms with E-state index >= 15 is 0 Å². The second-order valence-electron chi connectivity index (χ2n) is 2.77. The Morgan fingerprint density at radius 3 is 2.87 bits per heavy atom. The molecule has 1 aromatic carbocycles. The van der Waals surface area contributed by atoms with Crippen LogP contribution in [-0.2, 0) is 0 Å². The number of benzene rings is 1. The number of rotatable bonds is 3. The van der Waals surface area contributed by atoms with Gasteiger partial charge in [-0.25, -0.2) is 4.39 Å². The monoisotopic (exact) mass is 275 g/mol. The summed E-state index contributed by atoms with van der Waals surface area (Å²) in [6, 6.07) is 1.37. The van der Waals surface area contributed by atoms with Crippen molar-refractivity contribution < 1.29 is 14.2 Å². The van der Waals surface area contributed by atoms with Gasteiger partial charge in [-0.1, -0.05) is 12.2 Å². The maximum Gasteiger partial charge on any atom is 0.168 e. The van der Waals surface area contributed by atoms with Crippen LogP contribution < -0.4 is 10.5 Å². The molecule has 0 atom stereocenters. The van der Waals surface area contributed by atoms with Gasteiger partial charge in [-0.2, -0.15) is 0 Å². The maximum atomic E-state index is 13.5. The fraction of sp³-hybridized carbons (Fsp3) is 0.200. The molecule has 3 nitrogen and oxygen atoms in total. The number of nitrogens with two attached hydrogens (primary N) is 1. The molecule has 0 fully saturated rings. The van der Waals surface area contributed by atoms with Gasteiger partial charge in [-0.05, 0) is 15.9 Å². The minimum absolute atomic E-state index is 0.0617. The van der Waals surface area contributed by atoms with Crippen molar-refractivity contribution in [2.24, 2.45) is 5.73 Å². The summed E-state index contributed by atoms with van der Waals surface area (Å²) in [5.74, 6) is -0.569. The lowest BCUT2D eigenvalue weighted by Crippen LogP contribution is -1.94. The van der Waals surface area contributed by atoms with E-state index in [1.807, 2.05) is 0 Å². The summed E-state index contributed by atoms with van der Waals surface area (Å²) in [7, 11) is 1.40. The first-order chi connectivity index (χ1) is 7.11. The zero-order valence-electron chi connectivity index (χ0n) is 8.13. The molecular weight excluding hydrogens is 265 g/mol. The lowest BCUT2D eigenvalue weighted by atomic mass is 10.1. The summed E-state index contributed by atoms with van der Waals surface area (Å²) in [6.45, 7) is 0.272. The molecule has 0 spiro atoms. The van der Waals surface area contributed by atoms with Crippen molar-refractivity contribution in [3.05, 3.63) is 28.0 Å². The second kappa shape index (κ2) is 5.14. The number of phenols is 1. The van der Waals surface area contributed by atoms with E-state index in [0.29, 0.717) is 0 Å². The van der Waals surface area contributed by atoms with Crippen LogP contribution in [-0.4, -0.2) is 18.8 Å². The number of hydrogen-bond donors (Lipinski definition) is 2. The highest BCUT2D eigenvalue weighted by molar-refractivity contribution is 9.10. The number of phenolic OH excluding ortho intramolecular Hbond substituents is 1. The SMILES string of the molecule is COc1cc(Br)c(F)c(/C=C/CN)c1O. The standard InChI is InChI=1S/C10H11BrFNO2/c1-15-8-5-7(11)9(12)6(10(8)14)3-2-4-13/h2-3,5,14H,4,13H2,1H3/b3-2+. The molecule has 0 aromatic heterocycles. The van der Waals surface area contributed by atoms with Gasteiger partial charge in [0, 0.05) is 12.6 Å². The van der Waals surface area contributed by atoms with Gasteiger partial charge in [0.05, 0.1) is 17.1 Å². The van der Waals surface area contributed by atoms with Crippen molar-refractivity contribution in [1.82, 2.24) is 0 Å². The van der Waals surface area contributed by atoms with E-state index in [9.17, 15) is 9.50 Å². The average molecular weight is 276 g/mol.